The van der Waals surface area contributed by atoms with Gasteiger partial charge in [0.2, 0.25) is 0 Å². The van der Waals surface area contributed by atoms with E-state index in [0.29, 0.717) is 5.75 Å². The Hall–Kier alpha value is -2.15. The summed E-state index contributed by atoms with van der Waals surface area (Å²) < 4.78 is 17.9. The number of rotatable bonds is 4. The second-order valence-electron chi connectivity index (χ2n) is 4.53. The minimum absolute atomic E-state index is 0.0115. The fourth-order valence-electron chi connectivity index (χ4n) is 2.08. The van der Waals surface area contributed by atoms with Crippen LogP contribution in [0.15, 0.2) is 24.3 Å². The maximum Gasteiger partial charge on any atom is 0.326 e. The third-order valence-electron chi connectivity index (χ3n) is 3.06. The molecule has 2 atom stereocenters. The Morgan fingerprint density at radius 1 is 1.35 bits per heavy atom. The highest BCUT2D eigenvalue weighted by atomic mass is 19.1. The minimum atomic E-state index is -1.16. The van der Waals surface area contributed by atoms with Gasteiger partial charge >= 0.3 is 5.97 Å². The number of aliphatic carboxylic acids is 1. The van der Waals surface area contributed by atoms with Crippen LogP contribution in [0.4, 0.5) is 4.39 Å². The molecule has 0 radical (unpaired) electrons. The lowest BCUT2D eigenvalue weighted by atomic mass is 10.2. The quantitative estimate of drug-likeness (QED) is 0.827. The number of carbonyl (C=O) groups excluding carboxylic acids is 1. The van der Waals surface area contributed by atoms with Gasteiger partial charge < -0.3 is 19.8 Å². The predicted octanol–water partition coefficient (Wildman–Crippen LogP) is 0.251. The number of carbonyl (C=O) groups is 2. The lowest BCUT2D eigenvalue weighted by molar-refractivity contribution is -0.148. The number of amides is 1. The molecule has 0 saturated carbocycles. The van der Waals surface area contributed by atoms with Crippen molar-refractivity contribution < 1.29 is 28.9 Å². The lowest BCUT2D eigenvalue weighted by Gasteiger charge is -2.21. The average Bonchev–Trinajstić information content (AvgIpc) is 2.80. The SMILES string of the molecule is O=C(O)[C@H]1C[C@@H](O)CN1C(=O)COc1ccc(F)cc1. The molecule has 1 aliphatic rings. The standard InChI is InChI=1S/C13H14FNO5/c14-8-1-3-10(4-2-8)20-7-12(17)15-6-9(16)5-11(15)13(18)19/h1-4,9,11,16H,5-7H2,(H,18,19)/t9-,11-/m1/s1. The molecule has 6 nitrogen and oxygen atoms in total. The Kier molecular flexibility index (Phi) is 4.19. The molecule has 2 rings (SSSR count). The van der Waals surface area contributed by atoms with Crippen molar-refractivity contribution in [3.8, 4) is 5.75 Å². The third-order valence-corrected chi connectivity index (χ3v) is 3.06. The Bertz CT molecular complexity index is 504. The fraction of sp³-hybridized carbons (Fsp3) is 0.385. The van der Waals surface area contributed by atoms with Crippen molar-refractivity contribution in [2.24, 2.45) is 0 Å². The van der Waals surface area contributed by atoms with Crippen molar-refractivity contribution in [2.45, 2.75) is 18.6 Å². The zero-order valence-corrected chi connectivity index (χ0v) is 10.5. The third kappa shape index (κ3) is 3.24. The van der Waals surface area contributed by atoms with E-state index in [0.717, 1.165) is 4.90 Å². The predicted molar refractivity (Wildman–Crippen MR) is 65.7 cm³/mol. The molecule has 1 aromatic carbocycles. The van der Waals surface area contributed by atoms with Crippen molar-refractivity contribution in [1.82, 2.24) is 4.90 Å². The van der Waals surface area contributed by atoms with Gasteiger partial charge in [0.25, 0.3) is 5.91 Å². The number of β-amino-alcohol motifs (C(OH)–C–C–N with tert-alkyl or cyclic N) is 1. The molecule has 20 heavy (non-hydrogen) atoms. The maximum absolute atomic E-state index is 12.7. The zero-order valence-electron chi connectivity index (χ0n) is 10.5. The van der Waals surface area contributed by atoms with Gasteiger partial charge in [-0.05, 0) is 24.3 Å². The molecule has 0 unspecified atom stereocenters. The number of nitrogens with zero attached hydrogens (tertiary/aromatic N) is 1. The highest BCUT2D eigenvalue weighted by Crippen LogP contribution is 2.19. The number of halogens is 1. The molecule has 1 amide bonds. The van der Waals surface area contributed by atoms with Crippen LogP contribution in [0.3, 0.4) is 0 Å². The van der Waals surface area contributed by atoms with E-state index < -0.39 is 29.8 Å². The highest BCUT2D eigenvalue weighted by molar-refractivity contribution is 5.85. The summed E-state index contributed by atoms with van der Waals surface area (Å²) in [4.78, 5) is 24.0. The van der Waals surface area contributed by atoms with Crippen LogP contribution in [0.1, 0.15) is 6.42 Å². The topological polar surface area (TPSA) is 87.1 Å². The first kappa shape index (κ1) is 14.3. The van der Waals surface area contributed by atoms with E-state index in [1.807, 2.05) is 0 Å². The largest absolute Gasteiger partial charge is 0.484 e. The number of benzene rings is 1. The average molecular weight is 283 g/mol. The number of likely N-dealkylation sites (tertiary alicyclic amines) is 1. The van der Waals surface area contributed by atoms with Crippen LogP contribution >= 0.6 is 0 Å². The summed E-state index contributed by atoms with van der Waals surface area (Å²) in [6.45, 7) is -0.384. The van der Waals surface area contributed by atoms with Gasteiger partial charge in [0, 0.05) is 13.0 Å². The number of carboxylic acid groups (broad SMARTS) is 1. The van der Waals surface area contributed by atoms with E-state index in [2.05, 4.69) is 0 Å². The van der Waals surface area contributed by atoms with Crippen LogP contribution in [-0.2, 0) is 9.59 Å². The number of aliphatic hydroxyl groups excluding tert-OH is 1. The molecule has 7 heteroatoms. The normalized spacial score (nSPS) is 21.8. The van der Waals surface area contributed by atoms with Crippen molar-refractivity contribution in [1.29, 1.82) is 0 Å². The Morgan fingerprint density at radius 3 is 2.60 bits per heavy atom. The van der Waals surface area contributed by atoms with Gasteiger partial charge in [-0.3, -0.25) is 4.79 Å². The van der Waals surface area contributed by atoms with E-state index >= 15 is 0 Å². The number of aliphatic hydroxyl groups is 1. The van der Waals surface area contributed by atoms with E-state index in [4.69, 9.17) is 9.84 Å². The van der Waals surface area contributed by atoms with Gasteiger partial charge in [0.15, 0.2) is 6.61 Å². The fourth-order valence-corrected chi connectivity index (χ4v) is 2.08. The maximum atomic E-state index is 12.7. The molecule has 0 aromatic heterocycles. The number of hydrogen-bond donors (Lipinski definition) is 2. The zero-order chi connectivity index (χ0) is 14.7. The first-order valence-electron chi connectivity index (χ1n) is 6.06. The Labute approximate surface area is 114 Å². The number of ether oxygens (including phenoxy) is 1. The molecule has 0 bridgehead atoms. The van der Waals surface area contributed by atoms with Crippen LogP contribution in [-0.4, -0.2) is 52.3 Å². The van der Waals surface area contributed by atoms with E-state index in [1.54, 1.807) is 0 Å². The summed E-state index contributed by atoms with van der Waals surface area (Å²) in [5.41, 5.74) is 0. The van der Waals surface area contributed by atoms with Crippen molar-refractivity contribution >= 4 is 11.9 Å². The van der Waals surface area contributed by atoms with E-state index in [1.165, 1.54) is 24.3 Å². The molecule has 0 spiro atoms. The minimum Gasteiger partial charge on any atom is -0.484 e. The molecule has 2 N–H and O–H groups in total. The first-order chi connectivity index (χ1) is 9.47. The summed E-state index contributed by atoms with van der Waals surface area (Å²) in [6.07, 6.45) is -0.830. The Balaban J connectivity index is 1.94. The van der Waals surface area contributed by atoms with Gasteiger partial charge in [-0.2, -0.15) is 0 Å². The smallest absolute Gasteiger partial charge is 0.326 e. The molecule has 1 heterocycles. The molecule has 1 fully saturated rings. The van der Waals surface area contributed by atoms with Crippen molar-refractivity contribution in [3.63, 3.8) is 0 Å². The highest BCUT2D eigenvalue weighted by Gasteiger charge is 2.38. The lowest BCUT2D eigenvalue weighted by Crippen LogP contribution is -2.42. The molecule has 1 saturated heterocycles. The molecule has 1 aromatic rings. The second-order valence-corrected chi connectivity index (χ2v) is 4.53. The van der Waals surface area contributed by atoms with Crippen LogP contribution in [0.5, 0.6) is 5.75 Å². The van der Waals surface area contributed by atoms with E-state index in [9.17, 15) is 19.1 Å². The number of hydrogen-bond acceptors (Lipinski definition) is 4. The number of carboxylic acids is 1. The van der Waals surface area contributed by atoms with Crippen LogP contribution in [0.2, 0.25) is 0 Å². The van der Waals surface area contributed by atoms with Crippen LogP contribution in [0, 0.1) is 5.82 Å². The molecule has 108 valence electrons. The first-order valence-corrected chi connectivity index (χ1v) is 6.06. The van der Waals surface area contributed by atoms with Gasteiger partial charge in [0.05, 0.1) is 6.10 Å². The van der Waals surface area contributed by atoms with Gasteiger partial charge in [-0.25, -0.2) is 9.18 Å². The second kappa shape index (κ2) is 5.87. The summed E-state index contributed by atoms with van der Waals surface area (Å²) in [6, 6.07) is 4.10. The molecule has 0 aliphatic carbocycles. The van der Waals surface area contributed by atoms with Crippen LogP contribution in [0.25, 0.3) is 0 Å². The summed E-state index contributed by atoms with van der Waals surface area (Å²) >= 11 is 0. The molecular weight excluding hydrogens is 269 g/mol. The van der Waals surface area contributed by atoms with Crippen LogP contribution < -0.4 is 4.74 Å². The Morgan fingerprint density at radius 2 is 2.00 bits per heavy atom. The summed E-state index contributed by atoms with van der Waals surface area (Å²) in [7, 11) is 0. The van der Waals surface area contributed by atoms with Crippen molar-refractivity contribution in [2.75, 3.05) is 13.2 Å². The van der Waals surface area contributed by atoms with Gasteiger partial charge in [-0.1, -0.05) is 0 Å². The summed E-state index contributed by atoms with van der Waals surface area (Å²) in [5, 5.41) is 18.4. The molecule has 1 aliphatic heterocycles. The van der Waals surface area contributed by atoms with E-state index in [-0.39, 0.29) is 19.6 Å². The van der Waals surface area contributed by atoms with Gasteiger partial charge in [0.1, 0.15) is 17.6 Å². The molecular formula is C13H14FNO5. The summed E-state index contributed by atoms with van der Waals surface area (Å²) in [5.74, 6) is -1.79. The van der Waals surface area contributed by atoms with Gasteiger partial charge in [-0.15, -0.1) is 0 Å². The monoisotopic (exact) mass is 283 g/mol. The van der Waals surface area contributed by atoms with Crippen molar-refractivity contribution in [3.05, 3.63) is 30.1 Å².